The number of hydrogen-bond acceptors (Lipinski definition) is 8. The van der Waals surface area contributed by atoms with Crippen molar-refractivity contribution in [2.24, 2.45) is 19.8 Å². The van der Waals surface area contributed by atoms with E-state index in [2.05, 4.69) is 26.1 Å². The first-order valence-electron chi connectivity index (χ1n) is 11.5. The molecule has 32 heavy (non-hydrogen) atoms. The van der Waals surface area contributed by atoms with Crippen LogP contribution < -0.4 is 25.0 Å². The van der Waals surface area contributed by atoms with Crippen LogP contribution in [0.3, 0.4) is 0 Å². The van der Waals surface area contributed by atoms with Gasteiger partial charge in [-0.1, -0.05) is 0 Å². The number of methoxy groups -OCH3 is 1. The van der Waals surface area contributed by atoms with Crippen molar-refractivity contribution in [1.29, 1.82) is 5.26 Å². The zero-order valence-corrected chi connectivity index (χ0v) is 19.4. The van der Waals surface area contributed by atoms with Gasteiger partial charge in [-0.2, -0.15) is 5.26 Å². The van der Waals surface area contributed by atoms with Crippen LogP contribution in [0.2, 0.25) is 0 Å². The van der Waals surface area contributed by atoms with E-state index in [1.54, 1.807) is 11.8 Å². The Kier molecular flexibility index (Phi) is 6.74. The third-order valence-corrected chi connectivity index (χ3v) is 6.39. The molecule has 1 unspecified atom stereocenters. The average molecular weight is 443 g/mol. The first kappa shape index (κ1) is 22.3. The summed E-state index contributed by atoms with van der Waals surface area (Å²) in [4.78, 5) is 4.55. The minimum Gasteiger partial charge on any atom is -0.480 e. The Bertz CT molecular complexity index is 964. The van der Waals surface area contributed by atoms with Gasteiger partial charge in [0.15, 0.2) is 5.56 Å². The monoisotopic (exact) mass is 442 g/mol. The lowest BCUT2D eigenvalue weighted by Gasteiger charge is -2.30. The molecule has 2 aliphatic rings. The number of aryl methyl sites for hydroxylation is 2. The Labute approximate surface area is 189 Å². The highest BCUT2D eigenvalue weighted by atomic mass is 16.5. The standard InChI is InChI=1S/C22H34N8O2/c1-27-21(29-10-6-4-7-11-29)16(14-23)19(25-27)32-15-17(24)18-20(31-3)26-28(2)22(18)30-12-8-5-9-13-30/h17H,4-13,15,24H2,1-3H3. The molecule has 10 nitrogen and oxygen atoms in total. The number of nitrogens with zero attached hydrogens (tertiary/aromatic N) is 7. The van der Waals surface area contributed by atoms with Crippen molar-refractivity contribution in [2.75, 3.05) is 49.7 Å². The van der Waals surface area contributed by atoms with E-state index in [0.29, 0.717) is 17.3 Å². The van der Waals surface area contributed by atoms with Crippen molar-refractivity contribution in [3.63, 3.8) is 0 Å². The van der Waals surface area contributed by atoms with E-state index in [1.165, 1.54) is 12.8 Å². The van der Waals surface area contributed by atoms with Gasteiger partial charge in [-0.3, -0.25) is 0 Å². The predicted octanol–water partition coefficient (Wildman–Crippen LogP) is 2.09. The minimum absolute atomic E-state index is 0.175. The fourth-order valence-electron chi connectivity index (χ4n) is 4.87. The number of ether oxygens (including phenoxy) is 2. The van der Waals surface area contributed by atoms with Gasteiger partial charge >= 0.3 is 0 Å². The summed E-state index contributed by atoms with van der Waals surface area (Å²) in [6.45, 7) is 3.98. The van der Waals surface area contributed by atoms with Crippen LogP contribution in [0.4, 0.5) is 11.6 Å². The van der Waals surface area contributed by atoms with Gasteiger partial charge in [0.25, 0.3) is 5.88 Å². The van der Waals surface area contributed by atoms with E-state index < -0.39 is 6.04 Å². The number of hydrogen-bond donors (Lipinski definition) is 1. The molecule has 174 valence electrons. The smallest absolute Gasteiger partial charge is 0.253 e. The Morgan fingerprint density at radius 3 is 2.00 bits per heavy atom. The fourth-order valence-corrected chi connectivity index (χ4v) is 4.87. The van der Waals surface area contributed by atoms with Crippen LogP contribution in [0, 0.1) is 11.3 Å². The van der Waals surface area contributed by atoms with E-state index >= 15 is 0 Å². The largest absolute Gasteiger partial charge is 0.480 e. The van der Waals surface area contributed by atoms with Crippen LogP contribution in [-0.2, 0) is 14.1 Å². The van der Waals surface area contributed by atoms with E-state index in [4.69, 9.17) is 15.2 Å². The molecule has 0 aromatic carbocycles. The molecule has 0 bridgehead atoms. The van der Waals surface area contributed by atoms with Crippen LogP contribution in [0.1, 0.15) is 55.7 Å². The molecular formula is C22H34N8O2. The summed E-state index contributed by atoms with van der Waals surface area (Å²) in [5.74, 6) is 2.64. The highest BCUT2D eigenvalue weighted by Gasteiger charge is 2.29. The number of aromatic nitrogens is 4. The van der Waals surface area contributed by atoms with Crippen LogP contribution >= 0.6 is 0 Å². The minimum atomic E-state index is -0.470. The molecule has 0 spiro atoms. The molecule has 2 aromatic heterocycles. The Morgan fingerprint density at radius 1 is 0.906 bits per heavy atom. The predicted molar refractivity (Wildman–Crippen MR) is 122 cm³/mol. The van der Waals surface area contributed by atoms with Crippen molar-refractivity contribution in [3.05, 3.63) is 11.1 Å². The number of nitriles is 1. The normalized spacial score (nSPS) is 17.8. The molecule has 2 aromatic rings. The molecule has 0 amide bonds. The summed E-state index contributed by atoms with van der Waals surface area (Å²) >= 11 is 0. The van der Waals surface area contributed by atoms with E-state index in [-0.39, 0.29) is 6.61 Å². The number of piperidine rings is 2. The zero-order valence-electron chi connectivity index (χ0n) is 19.4. The van der Waals surface area contributed by atoms with Crippen molar-refractivity contribution < 1.29 is 9.47 Å². The Balaban J connectivity index is 1.56. The molecular weight excluding hydrogens is 408 g/mol. The zero-order chi connectivity index (χ0) is 22.7. The van der Waals surface area contributed by atoms with Gasteiger partial charge < -0.3 is 25.0 Å². The maximum atomic E-state index is 9.84. The number of anilines is 2. The molecule has 10 heteroatoms. The molecule has 0 aliphatic carbocycles. The van der Waals surface area contributed by atoms with Crippen LogP contribution in [0.5, 0.6) is 11.8 Å². The van der Waals surface area contributed by atoms with Gasteiger partial charge in [0.05, 0.1) is 18.7 Å². The third kappa shape index (κ3) is 4.21. The van der Waals surface area contributed by atoms with Crippen molar-refractivity contribution in [3.8, 4) is 17.8 Å². The first-order chi connectivity index (χ1) is 15.5. The summed E-state index contributed by atoms with van der Waals surface area (Å²) < 4.78 is 15.2. The second-order valence-electron chi connectivity index (χ2n) is 8.62. The maximum Gasteiger partial charge on any atom is 0.253 e. The molecule has 2 fully saturated rings. The lowest BCUT2D eigenvalue weighted by Crippen LogP contribution is -2.33. The molecule has 2 saturated heterocycles. The van der Waals surface area contributed by atoms with Crippen LogP contribution in [0.25, 0.3) is 0 Å². The molecule has 2 N–H and O–H groups in total. The molecule has 4 heterocycles. The first-order valence-corrected chi connectivity index (χ1v) is 11.5. The molecule has 4 rings (SSSR count). The Morgan fingerprint density at radius 2 is 1.44 bits per heavy atom. The Hall–Kier alpha value is -2.93. The number of rotatable bonds is 7. The van der Waals surface area contributed by atoms with E-state index in [0.717, 1.165) is 69.1 Å². The van der Waals surface area contributed by atoms with Crippen LogP contribution in [0.15, 0.2) is 0 Å². The molecule has 2 aliphatic heterocycles. The summed E-state index contributed by atoms with van der Waals surface area (Å²) in [5.41, 5.74) is 7.91. The van der Waals surface area contributed by atoms with Gasteiger partial charge in [-0.25, -0.2) is 9.36 Å². The second-order valence-corrected chi connectivity index (χ2v) is 8.62. The van der Waals surface area contributed by atoms with Gasteiger partial charge in [0, 0.05) is 40.3 Å². The van der Waals surface area contributed by atoms with Gasteiger partial charge in [-0.15, -0.1) is 10.2 Å². The second kappa shape index (κ2) is 9.69. The fraction of sp³-hybridized carbons (Fsp3) is 0.682. The third-order valence-electron chi connectivity index (χ3n) is 6.39. The molecule has 1 atom stereocenters. The summed E-state index contributed by atoms with van der Waals surface area (Å²) in [6.07, 6.45) is 7.01. The number of nitrogens with two attached hydrogens (primary N) is 1. The van der Waals surface area contributed by atoms with E-state index in [1.807, 2.05) is 18.8 Å². The van der Waals surface area contributed by atoms with Crippen molar-refractivity contribution >= 4 is 11.6 Å². The van der Waals surface area contributed by atoms with E-state index in [9.17, 15) is 5.26 Å². The van der Waals surface area contributed by atoms with Crippen molar-refractivity contribution in [1.82, 2.24) is 19.6 Å². The van der Waals surface area contributed by atoms with Crippen LogP contribution in [-0.4, -0.2) is 59.5 Å². The highest BCUT2D eigenvalue weighted by molar-refractivity contribution is 5.60. The van der Waals surface area contributed by atoms with Gasteiger partial charge in [0.2, 0.25) is 5.88 Å². The lowest BCUT2D eigenvalue weighted by atomic mass is 10.1. The SMILES string of the molecule is COc1nn(C)c(N2CCCCC2)c1C(N)COc1nn(C)c(N2CCCCC2)c1C#N. The average Bonchev–Trinajstić information content (AvgIpc) is 3.34. The van der Waals surface area contributed by atoms with Crippen molar-refractivity contribution in [2.45, 2.75) is 44.6 Å². The molecule has 0 saturated carbocycles. The maximum absolute atomic E-state index is 9.84. The highest BCUT2D eigenvalue weighted by Crippen LogP contribution is 2.36. The lowest BCUT2D eigenvalue weighted by molar-refractivity contribution is 0.273. The molecule has 0 radical (unpaired) electrons. The summed E-state index contributed by atoms with van der Waals surface area (Å²) in [5, 5.41) is 18.9. The van der Waals surface area contributed by atoms with Gasteiger partial charge in [0.1, 0.15) is 24.3 Å². The quantitative estimate of drug-likeness (QED) is 0.694. The summed E-state index contributed by atoms with van der Waals surface area (Å²) in [6, 6.07) is 1.83. The van der Waals surface area contributed by atoms with Gasteiger partial charge in [-0.05, 0) is 38.5 Å². The topological polar surface area (TPSA) is 110 Å². The summed E-state index contributed by atoms with van der Waals surface area (Å²) in [7, 11) is 5.38.